The molecule has 0 fully saturated rings. The van der Waals surface area contributed by atoms with E-state index in [-0.39, 0.29) is 11.8 Å². The van der Waals surface area contributed by atoms with E-state index >= 15 is 0 Å². The Bertz CT molecular complexity index is 599. The first-order valence-electron chi connectivity index (χ1n) is 8.06. The van der Waals surface area contributed by atoms with Gasteiger partial charge in [-0.25, -0.2) is 0 Å². The third-order valence-electron chi connectivity index (χ3n) is 3.93. The summed E-state index contributed by atoms with van der Waals surface area (Å²) in [5.41, 5.74) is 2.39. The third-order valence-corrected chi connectivity index (χ3v) is 5.49. The molecule has 4 heteroatoms. The summed E-state index contributed by atoms with van der Waals surface area (Å²) in [6, 6.07) is 9.19. The molecule has 0 aromatic heterocycles. The Morgan fingerprint density at radius 3 is 2.52 bits per heavy atom. The summed E-state index contributed by atoms with van der Waals surface area (Å²) in [4.78, 5) is 14.1. The van der Waals surface area contributed by atoms with Crippen molar-refractivity contribution in [2.24, 2.45) is 0 Å². The monoisotopic (exact) mass is 329 g/mol. The van der Waals surface area contributed by atoms with Gasteiger partial charge >= 0.3 is 0 Å². The molecule has 0 radical (unpaired) electrons. The highest BCUT2D eigenvalue weighted by Gasteiger charge is 2.25. The minimum absolute atomic E-state index is 0.0804. The largest absolute Gasteiger partial charge is 0.497 e. The number of hydrogen-bond donors (Lipinski definition) is 0. The van der Waals surface area contributed by atoms with E-state index in [1.807, 2.05) is 30.5 Å². The molecule has 1 atom stereocenters. The van der Waals surface area contributed by atoms with Crippen LogP contribution in [0.4, 0.5) is 0 Å². The van der Waals surface area contributed by atoms with Crippen LogP contribution in [0.3, 0.4) is 0 Å². The molecule has 1 aromatic rings. The number of benzene rings is 1. The van der Waals surface area contributed by atoms with E-state index in [2.05, 4.69) is 31.1 Å². The van der Waals surface area contributed by atoms with Gasteiger partial charge in [-0.05, 0) is 29.8 Å². The Morgan fingerprint density at radius 2 is 1.96 bits per heavy atom. The fourth-order valence-corrected chi connectivity index (χ4v) is 4.63. The molecule has 1 aliphatic rings. The summed E-state index contributed by atoms with van der Waals surface area (Å²) < 4.78 is 5.22. The average Bonchev–Trinajstić information content (AvgIpc) is 2.47. The summed E-state index contributed by atoms with van der Waals surface area (Å²) in [5.74, 6) is 1.01. The van der Waals surface area contributed by atoms with Crippen LogP contribution in [-0.2, 0) is 4.79 Å². The van der Waals surface area contributed by atoms with Gasteiger partial charge < -0.3 is 9.64 Å². The van der Waals surface area contributed by atoms with Crippen molar-refractivity contribution in [2.75, 3.05) is 13.7 Å². The van der Waals surface area contributed by atoms with Gasteiger partial charge in [-0.3, -0.25) is 4.79 Å². The van der Waals surface area contributed by atoms with Gasteiger partial charge in [0.15, 0.2) is 5.78 Å². The first kappa shape index (κ1) is 17.5. The first-order chi connectivity index (χ1) is 10.8. The first-order valence-corrected chi connectivity index (χ1v) is 11.8. The highest BCUT2D eigenvalue weighted by Crippen LogP contribution is 2.31. The number of nitrogens with zero attached hydrogens (tertiary/aromatic N) is 1. The van der Waals surface area contributed by atoms with E-state index in [0.29, 0.717) is 6.42 Å². The van der Waals surface area contributed by atoms with Crippen molar-refractivity contribution in [1.29, 1.82) is 0 Å². The quantitative estimate of drug-likeness (QED) is 0.571. The van der Waals surface area contributed by atoms with Crippen LogP contribution in [-0.4, -0.2) is 32.4 Å². The summed E-state index contributed by atoms with van der Waals surface area (Å²) in [5, 5.41) is 0. The normalized spacial score (nSPS) is 18.2. The van der Waals surface area contributed by atoms with Gasteiger partial charge in [0, 0.05) is 27.2 Å². The van der Waals surface area contributed by atoms with E-state index in [9.17, 15) is 4.79 Å². The van der Waals surface area contributed by atoms with Gasteiger partial charge in [-0.1, -0.05) is 43.9 Å². The number of carbonyl (C=O) groups excluding carboxylic acids is 1. The molecule has 3 nitrogen and oxygen atoms in total. The maximum Gasteiger partial charge on any atom is 0.159 e. The molecule has 0 saturated carbocycles. The van der Waals surface area contributed by atoms with Crippen molar-refractivity contribution < 1.29 is 9.53 Å². The Hall–Kier alpha value is -1.81. The molecule has 0 aliphatic carbocycles. The maximum absolute atomic E-state index is 11.9. The molecule has 2 rings (SSSR count). The van der Waals surface area contributed by atoms with Gasteiger partial charge in [0.1, 0.15) is 5.75 Å². The smallest absolute Gasteiger partial charge is 0.159 e. The van der Waals surface area contributed by atoms with E-state index in [1.165, 1.54) is 5.57 Å². The Morgan fingerprint density at radius 1 is 1.30 bits per heavy atom. The van der Waals surface area contributed by atoms with Crippen LogP contribution in [0.15, 0.2) is 48.7 Å². The zero-order valence-electron chi connectivity index (χ0n) is 14.6. The summed E-state index contributed by atoms with van der Waals surface area (Å²) in [7, 11) is 0.495. The molecule has 1 aromatic carbocycles. The Balaban J connectivity index is 2.16. The van der Waals surface area contributed by atoms with Crippen LogP contribution < -0.4 is 4.74 Å². The van der Waals surface area contributed by atoms with Crippen molar-refractivity contribution in [2.45, 2.75) is 38.1 Å². The van der Waals surface area contributed by atoms with Gasteiger partial charge in [0.05, 0.1) is 13.2 Å². The minimum atomic E-state index is -1.17. The molecular weight excluding hydrogens is 302 g/mol. The number of ether oxygens (including phenoxy) is 1. The fourth-order valence-electron chi connectivity index (χ4n) is 3.02. The second kappa shape index (κ2) is 7.17. The van der Waals surface area contributed by atoms with Gasteiger partial charge in [-0.2, -0.15) is 0 Å². The number of ketones is 1. The molecule has 1 aliphatic heterocycles. The van der Waals surface area contributed by atoms with E-state index in [4.69, 9.17) is 4.74 Å². The lowest BCUT2D eigenvalue weighted by Gasteiger charge is -2.34. The van der Waals surface area contributed by atoms with Crippen LogP contribution in [0.25, 0.3) is 0 Å². The lowest BCUT2D eigenvalue weighted by molar-refractivity contribution is -0.116. The molecule has 124 valence electrons. The minimum Gasteiger partial charge on any atom is -0.497 e. The highest BCUT2D eigenvalue weighted by molar-refractivity contribution is 6.76. The van der Waals surface area contributed by atoms with Gasteiger partial charge in [0.25, 0.3) is 0 Å². The van der Waals surface area contributed by atoms with Crippen molar-refractivity contribution in [3.05, 3.63) is 54.3 Å². The van der Waals surface area contributed by atoms with Crippen LogP contribution in [0.5, 0.6) is 5.75 Å². The predicted octanol–water partition coefficient (Wildman–Crippen LogP) is 4.42. The molecule has 0 N–H and O–H groups in total. The topological polar surface area (TPSA) is 29.5 Å². The van der Waals surface area contributed by atoms with Gasteiger partial charge in [-0.15, -0.1) is 0 Å². The lowest BCUT2D eigenvalue weighted by Crippen LogP contribution is -2.32. The standard InChI is InChI=1S/C19H27NO2Si/c1-15(14-23(3,4)5)13-20-11-10-17(21)12-19(20)16-6-8-18(22-2)9-7-16/h6-11,19H,1,12-14H2,2-5H3. The number of allylic oxidation sites excluding steroid dienone is 1. The maximum atomic E-state index is 11.9. The average molecular weight is 330 g/mol. The van der Waals surface area contributed by atoms with Crippen molar-refractivity contribution >= 4 is 13.9 Å². The molecule has 0 spiro atoms. The summed E-state index contributed by atoms with van der Waals surface area (Å²) in [6.07, 6.45) is 4.13. The van der Waals surface area contributed by atoms with Crippen molar-refractivity contribution in [3.63, 3.8) is 0 Å². The number of carbonyl (C=O) groups is 1. The van der Waals surface area contributed by atoms with Crippen molar-refractivity contribution in [1.82, 2.24) is 4.90 Å². The zero-order chi connectivity index (χ0) is 17.0. The predicted molar refractivity (Wildman–Crippen MR) is 98.5 cm³/mol. The second-order valence-electron chi connectivity index (χ2n) is 7.43. The van der Waals surface area contributed by atoms with E-state index in [0.717, 1.165) is 23.9 Å². The third kappa shape index (κ3) is 5.10. The van der Waals surface area contributed by atoms with E-state index < -0.39 is 8.07 Å². The summed E-state index contributed by atoms with van der Waals surface area (Å²) in [6.45, 7) is 12.1. The second-order valence-corrected chi connectivity index (χ2v) is 12.9. The fraction of sp³-hybridized carbons (Fsp3) is 0.421. The lowest BCUT2D eigenvalue weighted by atomic mass is 9.97. The molecule has 0 amide bonds. The molecule has 0 saturated heterocycles. The van der Waals surface area contributed by atoms with Crippen LogP contribution in [0.1, 0.15) is 18.0 Å². The molecule has 0 bridgehead atoms. The van der Waals surface area contributed by atoms with E-state index in [1.54, 1.807) is 13.2 Å². The Kier molecular flexibility index (Phi) is 5.47. The molecule has 1 unspecified atom stereocenters. The number of rotatable bonds is 6. The van der Waals surface area contributed by atoms with Crippen molar-refractivity contribution in [3.8, 4) is 5.75 Å². The van der Waals surface area contributed by atoms with Gasteiger partial charge in [0.2, 0.25) is 0 Å². The number of hydrogen-bond acceptors (Lipinski definition) is 3. The summed E-state index contributed by atoms with van der Waals surface area (Å²) >= 11 is 0. The van der Waals surface area contributed by atoms with Crippen LogP contribution in [0.2, 0.25) is 25.7 Å². The highest BCUT2D eigenvalue weighted by atomic mass is 28.3. The SMILES string of the molecule is C=C(CN1C=CC(=O)CC1c1ccc(OC)cc1)C[Si](C)(C)C. The number of methoxy groups -OCH3 is 1. The Labute approximate surface area is 140 Å². The molecular formula is C19H27NO2Si. The van der Waals surface area contributed by atoms with Crippen LogP contribution in [0, 0.1) is 0 Å². The van der Waals surface area contributed by atoms with Crippen LogP contribution >= 0.6 is 0 Å². The molecule has 1 heterocycles. The zero-order valence-corrected chi connectivity index (χ0v) is 15.6. The molecule has 23 heavy (non-hydrogen) atoms.